The molecule has 0 radical (unpaired) electrons. The Morgan fingerprint density at radius 2 is 1.95 bits per heavy atom. The highest BCUT2D eigenvalue weighted by atomic mass is 16.3. The van der Waals surface area contributed by atoms with Crippen molar-refractivity contribution in [3.63, 3.8) is 0 Å². The Kier molecular flexibility index (Phi) is 5.56. The zero-order valence-electron chi connectivity index (χ0n) is 12.2. The molecule has 1 aliphatic rings. The number of carbonyl (C=O) groups excluding carboxylic acids is 1. The molecular weight excluding hydrogens is 252 g/mol. The van der Waals surface area contributed by atoms with Crippen molar-refractivity contribution in [2.24, 2.45) is 0 Å². The van der Waals surface area contributed by atoms with Crippen molar-refractivity contribution in [1.29, 1.82) is 0 Å². The maximum absolute atomic E-state index is 12.2. The van der Waals surface area contributed by atoms with E-state index in [-0.39, 0.29) is 18.6 Å². The van der Waals surface area contributed by atoms with Crippen molar-refractivity contribution < 1.29 is 9.90 Å². The van der Waals surface area contributed by atoms with E-state index in [1.165, 1.54) is 0 Å². The summed E-state index contributed by atoms with van der Waals surface area (Å²) in [5, 5.41) is 9.27. The van der Waals surface area contributed by atoms with Crippen molar-refractivity contribution in [1.82, 2.24) is 9.80 Å². The van der Waals surface area contributed by atoms with Gasteiger partial charge in [0.15, 0.2) is 0 Å². The first-order chi connectivity index (χ1) is 9.72. The number of aliphatic hydroxyl groups excluding tert-OH is 1. The van der Waals surface area contributed by atoms with Crippen molar-refractivity contribution in [2.75, 3.05) is 33.3 Å². The van der Waals surface area contributed by atoms with Crippen LogP contribution in [0.5, 0.6) is 0 Å². The quantitative estimate of drug-likeness (QED) is 0.859. The summed E-state index contributed by atoms with van der Waals surface area (Å²) in [6.45, 7) is 2.33. The lowest BCUT2D eigenvalue weighted by molar-refractivity contribution is -0.131. The Morgan fingerprint density at radius 1 is 1.30 bits per heavy atom. The number of benzene rings is 1. The van der Waals surface area contributed by atoms with E-state index >= 15 is 0 Å². The van der Waals surface area contributed by atoms with Crippen LogP contribution in [0.4, 0.5) is 0 Å². The van der Waals surface area contributed by atoms with Crippen LogP contribution in [0.1, 0.15) is 30.9 Å². The molecular formula is C16H24N2O2. The van der Waals surface area contributed by atoms with Gasteiger partial charge in [0.2, 0.25) is 5.91 Å². The standard InChI is InChI=1S/C16H24N2O2/c1-17(13-16(20)18-10-5-6-11-18)15(9-12-19)14-7-3-2-4-8-14/h2-4,7-8,15,19H,5-6,9-13H2,1H3. The number of aliphatic hydroxyl groups is 1. The molecule has 1 saturated heterocycles. The zero-order chi connectivity index (χ0) is 14.4. The minimum absolute atomic E-state index is 0.0905. The van der Waals surface area contributed by atoms with Crippen molar-refractivity contribution >= 4 is 5.91 Å². The van der Waals surface area contributed by atoms with Gasteiger partial charge in [0, 0.05) is 25.7 Å². The molecule has 1 unspecified atom stereocenters. The number of amides is 1. The van der Waals surface area contributed by atoms with Gasteiger partial charge in [-0.05, 0) is 31.9 Å². The Balaban J connectivity index is 1.99. The van der Waals surface area contributed by atoms with E-state index in [1.54, 1.807) is 0 Å². The van der Waals surface area contributed by atoms with Crippen LogP contribution in [-0.4, -0.2) is 54.1 Å². The first-order valence-corrected chi connectivity index (χ1v) is 7.36. The van der Waals surface area contributed by atoms with Gasteiger partial charge in [-0.15, -0.1) is 0 Å². The molecule has 0 aliphatic carbocycles. The Morgan fingerprint density at radius 3 is 2.55 bits per heavy atom. The monoisotopic (exact) mass is 276 g/mol. The molecule has 1 aromatic carbocycles. The topological polar surface area (TPSA) is 43.8 Å². The number of hydrogen-bond acceptors (Lipinski definition) is 3. The molecule has 1 aliphatic heterocycles. The Bertz CT molecular complexity index is 416. The lowest BCUT2D eigenvalue weighted by atomic mass is 10.0. The van der Waals surface area contributed by atoms with Crippen molar-refractivity contribution in [3.05, 3.63) is 35.9 Å². The number of likely N-dealkylation sites (N-methyl/N-ethyl adjacent to an activating group) is 1. The molecule has 1 aromatic rings. The normalized spacial score (nSPS) is 16.6. The SMILES string of the molecule is CN(CC(=O)N1CCCC1)C(CCO)c1ccccc1. The molecule has 1 atom stereocenters. The van der Waals surface area contributed by atoms with Crippen LogP contribution in [0.15, 0.2) is 30.3 Å². The number of likely N-dealkylation sites (tertiary alicyclic amines) is 1. The minimum atomic E-state index is 0.0905. The lowest BCUT2D eigenvalue weighted by Crippen LogP contribution is -2.39. The summed E-state index contributed by atoms with van der Waals surface area (Å²) in [4.78, 5) is 16.2. The van der Waals surface area contributed by atoms with Gasteiger partial charge in [-0.2, -0.15) is 0 Å². The molecule has 0 saturated carbocycles. The zero-order valence-corrected chi connectivity index (χ0v) is 12.2. The van der Waals surface area contributed by atoms with Gasteiger partial charge in [-0.25, -0.2) is 0 Å². The molecule has 0 aromatic heterocycles. The number of carbonyl (C=O) groups is 1. The molecule has 1 amide bonds. The van der Waals surface area contributed by atoms with Crippen molar-refractivity contribution in [2.45, 2.75) is 25.3 Å². The van der Waals surface area contributed by atoms with Gasteiger partial charge in [-0.3, -0.25) is 9.69 Å². The minimum Gasteiger partial charge on any atom is -0.396 e. The summed E-state index contributed by atoms with van der Waals surface area (Å²) in [7, 11) is 1.96. The van der Waals surface area contributed by atoms with Gasteiger partial charge in [-0.1, -0.05) is 30.3 Å². The van der Waals surface area contributed by atoms with Gasteiger partial charge in [0.05, 0.1) is 6.54 Å². The third-order valence-electron chi connectivity index (χ3n) is 3.96. The second kappa shape index (κ2) is 7.41. The predicted octanol–water partition coefficient (Wildman–Crippen LogP) is 1.66. The number of nitrogens with zero attached hydrogens (tertiary/aromatic N) is 2. The maximum atomic E-state index is 12.2. The van der Waals surface area contributed by atoms with Crippen LogP contribution < -0.4 is 0 Å². The van der Waals surface area contributed by atoms with E-state index in [0.29, 0.717) is 13.0 Å². The van der Waals surface area contributed by atoms with Gasteiger partial charge < -0.3 is 10.0 Å². The third kappa shape index (κ3) is 3.81. The highest BCUT2D eigenvalue weighted by Gasteiger charge is 2.23. The average Bonchev–Trinajstić information content (AvgIpc) is 2.99. The van der Waals surface area contributed by atoms with Crippen LogP contribution in [0.25, 0.3) is 0 Å². The van der Waals surface area contributed by atoms with Crippen LogP contribution in [0.2, 0.25) is 0 Å². The second-order valence-electron chi connectivity index (χ2n) is 5.44. The summed E-state index contributed by atoms with van der Waals surface area (Å²) in [5.41, 5.74) is 1.15. The molecule has 20 heavy (non-hydrogen) atoms. The fourth-order valence-electron chi connectivity index (χ4n) is 2.83. The predicted molar refractivity (Wildman–Crippen MR) is 79.3 cm³/mol. The number of rotatable bonds is 6. The summed E-state index contributed by atoms with van der Waals surface area (Å²) < 4.78 is 0. The largest absolute Gasteiger partial charge is 0.396 e. The van der Waals surface area contributed by atoms with Gasteiger partial charge in [0.25, 0.3) is 0 Å². The van der Waals surface area contributed by atoms with E-state index in [2.05, 4.69) is 12.1 Å². The maximum Gasteiger partial charge on any atom is 0.236 e. The molecule has 110 valence electrons. The summed E-state index contributed by atoms with van der Waals surface area (Å²) in [6, 6.07) is 10.2. The van der Waals surface area contributed by atoms with Crippen LogP contribution in [-0.2, 0) is 4.79 Å². The molecule has 0 spiro atoms. The average molecular weight is 276 g/mol. The lowest BCUT2D eigenvalue weighted by Gasteiger charge is -2.29. The van der Waals surface area contributed by atoms with Gasteiger partial charge >= 0.3 is 0 Å². The smallest absolute Gasteiger partial charge is 0.236 e. The van der Waals surface area contributed by atoms with E-state index < -0.39 is 0 Å². The van der Waals surface area contributed by atoms with Crippen LogP contribution in [0, 0.1) is 0 Å². The Labute approximate surface area is 121 Å². The van der Waals surface area contributed by atoms with Crippen LogP contribution >= 0.6 is 0 Å². The second-order valence-corrected chi connectivity index (χ2v) is 5.44. The van der Waals surface area contributed by atoms with Crippen LogP contribution in [0.3, 0.4) is 0 Å². The fraction of sp³-hybridized carbons (Fsp3) is 0.562. The van der Waals surface area contributed by atoms with E-state index in [4.69, 9.17) is 0 Å². The molecule has 1 heterocycles. The summed E-state index contributed by atoms with van der Waals surface area (Å²) in [5.74, 6) is 0.198. The van der Waals surface area contributed by atoms with Crippen molar-refractivity contribution in [3.8, 4) is 0 Å². The summed E-state index contributed by atoms with van der Waals surface area (Å²) >= 11 is 0. The first kappa shape index (κ1) is 15.0. The van der Waals surface area contributed by atoms with E-state index in [1.807, 2.05) is 35.0 Å². The third-order valence-corrected chi connectivity index (χ3v) is 3.96. The molecule has 0 bridgehead atoms. The highest BCUT2D eigenvalue weighted by molar-refractivity contribution is 5.78. The molecule has 1 fully saturated rings. The fourth-order valence-corrected chi connectivity index (χ4v) is 2.83. The van der Waals surface area contributed by atoms with E-state index in [9.17, 15) is 9.90 Å². The number of hydrogen-bond donors (Lipinski definition) is 1. The van der Waals surface area contributed by atoms with Gasteiger partial charge in [0.1, 0.15) is 0 Å². The van der Waals surface area contributed by atoms with E-state index in [0.717, 1.165) is 31.5 Å². The molecule has 4 nitrogen and oxygen atoms in total. The molecule has 1 N–H and O–H groups in total. The molecule has 2 rings (SSSR count). The Hall–Kier alpha value is -1.39. The molecule has 4 heteroatoms. The summed E-state index contributed by atoms with van der Waals surface area (Å²) in [6.07, 6.45) is 2.89. The highest BCUT2D eigenvalue weighted by Crippen LogP contribution is 2.22. The first-order valence-electron chi connectivity index (χ1n) is 7.36.